The summed E-state index contributed by atoms with van der Waals surface area (Å²) in [5.74, 6) is 0.373. The highest BCUT2D eigenvalue weighted by Crippen LogP contribution is 2.31. The van der Waals surface area contributed by atoms with E-state index in [1.54, 1.807) is 10.7 Å². The van der Waals surface area contributed by atoms with Crippen LogP contribution in [0.4, 0.5) is 4.39 Å². The zero-order valence-electron chi connectivity index (χ0n) is 14.3. The van der Waals surface area contributed by atoms with Gasteiger partial charge in [0.15, 0.2) is 0 Å². The Labute approximate surface area is 158 Å². The number of halogens is 2. The van der Waals surface area contributed by atoms with Crippen molar-refractivity contribution in [3.8, 4) is 0 Å². The Balaban J connectivity index is 1.58. The maximum atomic E-state index is 13.3. The predicted molar refractivity (Wildman–Crippen MR) is 96.9 cm³/mol. The van der Waals surface area contributed by atoms with Crippen molar-refractivity contribution in [1.82, 2.24) is 24.8 Å². The van der Waals surface area contributed by atoms with Gasteiger partial charge in [0.05, 0.1) is 11.4 Å². The van der Waals surface area contributed by atoms with E-state index >= 15 is 0 Å². The fraction of sp³-hybridized carbons (Fsp3) is 0.389. The van der Waals surface area contributed by atoms with Gasteiger partial charge in [-0.2, -0.15) is 5.10 Å². The molecule has 136 valence electrons. The van der Waals surface area contributed by atoms with E-state index in [-0.39, 0.29) is 5.82 Å². The Morgan fingerprint density at radius 1 is 1.35 bits per heavy atom. The monoisotopic (exact) mass is 419 g/mol. The number of aromatic nitrogens is 5. The normalized spacial score (nSPS) is 15.4. The lowest BCUT2D eigenvalue weighted by atomic mass is 10.0. The Bertz CT molecular complexity index is 934. The molecule has 0 bridgehead atoms. The minimum Gasteiger partial charge on any atom is -0.382 e. The molecule has 6 nitrogen and oxygen atoms in total. The van der Waals surface area contributed by atoms with Gasteiger partial charge in [0.1, 0.15) is 11.9 Å². The van der Waals surface area contributed by atoms with Crippen molar-refractivity contribution in [2.45, 2.75) is 31.9 Å². The number of nitrogens with zero attached hydrogens (tertiary/aromatic N) is 5. The maximum absolute atomic E-state index is 13.3. The minimum absolute atomic E-state index is 0.360. The molecule has 1 atom stereocenters. The number of hydrogen-bond donors (Lipinski definition) is 1. The van der Waals surface area contributed by atoms with E-state index in [2.05, 4.69) is 31.3 Å². The summed E-state index contributed by atoms with van der Waals surface area (Å²) < 4.78 is 17.4. The van der Waals surface area contributed by atoms with E-state index in [4.69, 9.17) is 0 Å². The number of aliphatic hydroxyl groups is 1. The summed E-state index contributed by atoms with van der Waals surface area (Å²) in [6.45, 7) is 0.915. The van der Waals surface area contributed by atoms with Crippen LogP contribution in [0.1, 0.15) is 41.5 Å². The second-order valence-electron chi connectivity index (χ2n) is 6.83. The van der Waals surface area contributed by atoms with Crippen LogP contribution in [0.25, 0.3) is 0 Å². The van der Waals surface area contributed by atoms with E-state index in [9.17, 15) is 9.50 Å². The molecule has 0 radical (unpaired) electrons. The average molecular weight is 420 g/mol. The van der Waals surface area contributed by atoms with E-state index in [1.165, 1.54) is 25.0 Å². The number of hydrogen-bond acceptors (Lipinski definition) is 4. The lowest BCUT2D eigenvalue weighted by Crippen LogP contribution is -2.06. The van der Waals surface area contributed by atoms with Gasteiger partial charge in [-0.3, -0.25) is 9.36 Å². The molecular weight excluding hydrogens is 401 g/mol. The molecule has 4 rings (SSSR count). The molecule has 1 aromatic carbocycles. The zero-order valence-corrected chi connectivity index (χ0v) is 15.9. The van der Waals surface area contributed by atoms with Crippen LogP contribution in [-0.2, 0) is 20.0 Å². The van der Waals surface area contributed by atoms with Crippen molar-refractivity contribution in [1.29, 1.82) is 0 Å². The highest BCUT2D eigenvalue weighted by molar-refractivity contribution is 9.10. The average Bonchev–Trinajstić information content (AvgIpc) is 3.16. The molecule has 8 heteroatoms. The van der Waals surface area contributed by atoms with Crippen LogP contribution in [0.2, 0.25) is 0 Å². The lowest BCUT2D eigenvalue weighted by Gasteiger charge is -2.12. The molecule has 1 N–H and O–H groups in total. The van der Waals surface area contributed by atoms with E-state index in [0.717, 1.165) is 23.7 Å². The molecule has 1 aliphatic carbocycles. The first-order valence-electron chi connectivity index (χ1n) is 8.54. The summed E-state index contributed by atoms with van der Waals surface area (Å²) in [7, 11) is 1.81. The third-order valence-electron chi connectivity index (χ3n) is 4.55. The quantitative estimate of drug-likeness (QED) is 0.666. The Kier molecular flexibility index (Phi) is 4.62. The summed E-state index contributed by atoms with van der Waals surface area (Å²) >= 11 is 3.32. The molecule has 1 aliphatic rings. The molecule has 1 saturated carbocycles. The minimum atomic E-state index is -0.956. The molecule has 1 unspecified atom stereocenters. The summed E-state index contributed by atoms with van der Waals surface area (Å²) in [4.78, 5) is 0. The molecule has 1 fully saturated rings. The summed E-state index contributed by atoms with van der Waals surface area (Å²) in [6, 6.07) is 4.23. The number of rotatable bonds is 6. The molecular formula is C18H19BrFN5O. The highest BCUT2D eigenvalue weighted by Gasteiger charge is 2.24. The van der Waals surface area contributed by atoms with Gasteiger partial charge in [-0.15, -0.1) is 5.10 Å². The molecule has 2 heterocycles. The van der Waals surface area contributed by atoms with Crippen LogP contribution >= 0.6 is 15.9 Å². The highest BCUT2D eigenvalue weighted by atomic mass is 79.9. The number of benzene rings is 1. The molecule has 2 aromatic heterocycles. The maximum Gasteiger partial charge on any atom is 0.124 e. The van der Waals surface area contributed by atoms with Gasteiger partial charge in [0.25, 0.3) is 0 Å². The Hall–Kier alpha value is -2.06. The van der Waals surface area contributed by atoms with Gasteiger partial charge in [0, 0.05) is 48.0 Å². The van der Waals surface area contributed by atoms with Crippen molar-refractivity contribution >= 4 is 15.9 Å². The first kappa shape index (κ1) is 17.4. The van der Waals surface area contributed by atoms with Gasteiger partial charge >= 0.3 is 0 Å². The standard InChI is InChI=1S/C18H19BrFN5O/c1-24-9-12(6-14-10-25(23-21-14)8-11-2-3-11)17(22-24)18(26)15-5-4-13(20)7-16(15)19/h4-5,7,9-11,18,26H,2-3,6,8H2,1H3. The lowest BCUT2D eigenvalue weighted by molar-refractivity contribution is 0.212. The molecule has 0 aliphatic heterocycles. The van der Waals surface area contributed by atoms with Crippen LogP contribution in [0.15, 0.2) is 35.1 Å². The topological polar surface area (TPSA) is 68.8 Å². The Morgan fingerprint density at radius 3 is 2.88 bits per heavy atom. The van der Waals surface area contributed by atoms with Crippen molar-refractivity contribution < 1.29 is 9.50 Å². The molecule has 0 saturated heterocycles. The van der Waals surface area contributed by atoms with E-state index in [1.807, 2.05) is 24.1 Å². The van der Waals surface area contributed by atoms with Gasteiger partial charge in [-0.25, -0.2) is 4.39 Å². The molecule has 3 aromatic rings. The van der Waals surface area contributed by atoms with Crippen molar-refractivity contribution in [2.24, 2.45) is 13.0 Å². The number of aryl methyl sites for hydroxylation is 1. The van der Waals surface area contributed by atoms with Crippen molar-refractivity contribution in [2.75, 3.05) is 0 Å². The third kappa shape index (κ3) is 3.71. The van der Waals surface area contributed by atoms with Gasteiger partial charge in [-0.05, 0) is 30.9 Å². The predicted octanol–water partition coefficient (Wildman–Crippen LogP) is 3.00. The van der Waals surface area contributed by atoms with Gasteiger partial charge in [0.2, 0.25) is 0 Å². The van der Waals surface area contributed by atoms with Crippen molar-refractivity contribution in [3.05, 3.63) is 63.4 Å². The SMILES string of the molecule is Cn1cc(Cc2cn(CC3CC3)nn2)c(C(O)c2ccc(F)cc2Br)n1. The van der Waals surface area contributed by atoms with Crippen molar-refractivity contribution in [3.63, 3.8) is 0 Å². The first-order valence-corrected chi connectivity index (χ1v) is 9.33. The number of aliphatic hydroxyl groups excluding tert-OH is 1. The van der Waals surface area contributed by atoms with E-state index < -0.39 is 6.10 Å². The fourth-order valence-corrected chi connectivity index (χ4v) is 3.63. The molecule has 0 spiro atoms. The van der Waals surface area contributed by atoms with Crippen LogP contribution in [-0.4, -0.2) is 29.9 Å². The van der Waals surface area contributed by atoms with Gasteiger partial charge in [-0.1, -0.05) is 27.2 Å². The largest absolute Gasteiger partial charge is 0.382 e. The summed E-state index contributed by atoms with van der Waals surface area (Å²) in [6.07, 6.45) is 5.93. The molecule has 0 amide bonds. The van der Waals surface area contributed by atoms with Crippen LogP contribution < -0.4 is 0 Å². The molecule has 26 heavy (non-hydrogen) atoms. The smallest absolute Gasteiger partial charge is 0.124 e. The second kappa shape index (κ2) is 6.92. The van der Waals surface area contributed by atoms with Crippen LogP contribution in [0.5, 0.6) is 0 Å². The second-order valence-corrected chi connectivity index (χ2v) is 7.69. The Morgan fingerprint density at radius 2 is 2.15 bits per heavy atom. The third-order valence-corrected chi connectivity index (χ3v) is 5.24. The van der Waals surface area contributed by atoms with Crippen LogP contribution in [0, 0.1) is 11.7 Å². The van der Waals surface area contributed by atoms with E-state index in [0.29, 0.717) is 22.2 Å². The first-order chi connectivity index (χ1) is 12.5. The summed E-state index contributed by atoms with van der Waals surface area (Å²) in [5, 5.41) is 23.6. The van der Waals surface area contributed by atoms with Crippen LogP contribution in [0.3, 0.4) is 0 Å². The summed E-state index contributed by atoms with van der Waals surface area (Å²) in [5.41, 5.74) is 2.82. The van der Waals surface area contributed by atoms with Gasteiger partial charge < -0.3 is 5.11 Å². The zero-order chi connectivity index (χ0) is 18.3. The fourth-order valence-electron chi connectivity index (χ4n) is 3.06.